The highest BCUT2D eigenvalue weighted by Crippen LogP contribution is 2.28. The quantitative estimate of drug-likeness (QED) is 0.782. The summed E-state index contributed by atoms with van der Waals surface area (Å²) in [5.74, 6) is -1.49. The Morgan fingerprint density at radius 1 is 1.14 bits per heavy atom. The summed E-state index contributed by atoms with van der Waals surface area (Å²) < 4.78 is 5.58. The van der Waals surface area contributed by atoms with Crippen molar-refractivity contribution in [1.29, 1.82) is 0 Å². The molecule has 1 heterocycles. The van der Waals surface area contributed by atoms with Gasteiger partial charge in [0.2, 0.25) is 5.91 Å². The molecule has 28 heavy (non-hydrogen) atoms. The molecule has 2 atom stereocenters. The lowest BCUT2D eigenvalue weighted by atomic mass is 9.87. The molecule has 3 rings (SSSR count). The van der Waals surface area contributed by atoms with Gasteiger partial charge in [-0.05, 0) is 43.5 Å². The van der Waals surface area contributed by atoms with Gasteiger partial charge in [0, 0.05) is 6.54 Å². The van der Waals surface area contributed by atoms with Crippen molar-refractivity contribution in [2.75, 3.05) is 13.1 Å². The number of benzene rings is 2. The van der Waals surface area contributed by atoms with Crippen molar-refractivity contribution in [3.8, 4) is 11.1 Å². The van der Waals surface area contributed by atoms with Crippen molar-refractivity contribution in [2.24, 2.45) is 11.7 Å². The summed E-state index contributed by atoms with van der Waals surface area (Å²) in [6.07, 6.45) is 0.404. The number of rotatable bonds is 6. The zero-order valence-electron chi connectivity index (χ0n) is 16.7. The summed E-state index contributed by atoms with van der Waals surface area (Å²) in [6.45, 7) is 6.97. The molecule has 1 fully saturated rings. The van der Waals surface area contributed by atoms with Crippen LogP contribution in [0.3, 0.4) is 0 Å². The van der Waals surface area contributed by atoms with Crippen LogP contribution in [-0.4, -0.2) is 41.5 Å². The van der Waals surface area contributed by atoms with Crippen LogP contribution in [0, 0.1) is 5.92 Å². The molecule has 2 aromatic rings. The molecule has 1 saturated heterocycles. The van der Waals surface area contributed by atoms with E-state index in [1.165, 1.54) is 0 Å². The van der Waals surface area contributed by atoms with Gasteiger partial charge in [-0.2, -0.15) is 0 Å². The van der Waals surface area contributed by atoms with E-state index in [4.69, 9.17) is 10.5 Å². The number of hydrogen-bond donors (Lipinski definition) is 1. The number of ether oxygens (including phenoxy) is 1. The van der Waals surface area contributed by atoms with E-state index in [0.29, 0.717) is 19.5 Å². The van der Waals surface area contributed by atoms with Crippen LogP contribution in [-0.2, 0) is 20.7 Å². The number of nitrogens with zero attached hydrogens (tertiary/aromatic N) is 1. The summed E-state index contributed by atoms with van der Waals surface area (Å²) in [4.78, 5) is 26.9. The largest absolute Gasteiger partial charge is 0.457 e. The lowest BCUT2D eigenvalue weighted by Crippen LogP contribution is -2.61. The number of cyclic esters (lactones) is 1. The van der Waals surface area contributed by atoms with E-state index in [1.807, 2.05) is 68.1 Å². The van der Waals surface area contributed by atoms with E-state index in [2.05, 4.69) is 12.1 Å². The lowest BCUT2D eigenvalue weighted by molar-refractivity contribution is -0.182. The Hall–Kier alpha value is -2.66. The average molecular weight is 380 g/mol. The molecule has 2 unspecified atom stereocenters. The average Bonchev–Trinajstić information content (AvgIpc) is 2.66. The Kier molecular flexibility index (Phi) is 5.84. The van der Waals surface area contributed by atoms with Crippen molar-refractivity contribution in [3.63, 3.8) is 0 Å². The van der Waals surface area contributed by atoms with E-state index >= 15 is 0 Å². The monoisotopic (exact) mass is 380 g/mol. The Labute approximate surface area is 166 Å². The number of carbonyl (C=O) groups is 2. The molecule has 1 amide bonds. The van der Waals surface area contributed by atoms with Gasteiger partial charge in [0.1, 0.15) is 11.6 Å². The van der Waals surface area contributed by atoms with Crippen LogP contribution in [0.4, 0.5) is 0 Å². The summed E-state index contributed by atoms with van der Waals surface area (Å²) in [7, 11) is 0. The SMILES string of the molecule is CCN1CC(C)(C)OC(=O)C1C(Cc1ccc(-c2ccccc2)cc1)C(N)=O. The number of morpholine rings is 1. The molecule has 148 valence electrons. The first-order valence-corrected chi connectivity index (χ1v) is 9.71. The van der Waals surface area contributed by atoms with Crippen molar-refractivity contribution in [2.45, 2.75) is 38.8 Å². The third-order valence-corrected chi connectivity index (χ3v) is 5.27. The fraction of sp³-hybridized carbons (Fsp3) is 0.391. The first-order chi connectivity index (χ1) is 13.3. The molecule has 0 saturated carbocycles. The van der Waals surface area contributed by atoms with Gasteiger partial charge in [-0.1, -0.05) is 61.5 Å². The Morgan fingerprint density at radius 2 is 1.75 bits per heavy atom. The summed E-state index contributed by atoms with van der Waals surface area (Å²) in [5.41, 5.74) is 8.35. The van der Waals surface area contributed by atoms with Crippen molar-refractivity contribution in [1.82, 2.24) is 4.90 Å². The van der Waals surface area contributed by atoms with E-state index in [-0.39, 0.29) is 5.97 Å². The minimum Gasteiger partial charge on any atom is -0.457 e. The zero-order chi connectivity index (χ0) is 20.3. The molecule has 2 aromatic carbocycles. The third-order valence-electron chi connectivity index (χ3n) is 5.27. The lowest BCUT2D eigenvalue weighted by Gasteiger charge is -2.44. The van der Waals surface area contributed by atoms with Crippen LogP contribution < -0.4 is 5.73 Å². The maximum Gasteiger partial charge on any atom is 0.324 e. The molecule has 0 aliphatic carbocycles. The molecule has 0 bridgehead atoms. The predicted molar refractivity (Wildman–Crippen MR) is 109 cm³/mol. The van der Waals surface area contributed by atoms with Gasteiger partial charge in [-0.25, -0.2) is 0 Å². The number of likely N-dealkylation sites (N-methyl/N-ethyl adjacent to an activating group) is 1. The standard InChI is InChI=1S/C23H28N2O3/c1-4-25-15-23(2,3)28-22(27)20(25)19(21(24)26)14-16-10-12-18(13-11-16)17-8-6-5-7-9-17/h5-13,19-20H,4,14-15H2,1-3H3,(H2,24,26). The van der Waals surface area contributed by atoms with Crippen LogP contribution in [0.15, 0.2) is 54.6 Å². The normalized spacial score (nSPS) is 20.4. The van der Waals surface area contributed by atoms with Gasteiger partial charge in [-0.3, -0.25) is 14.5 Å². The van der Waals surface area contributed by atoms with Gasteiger partial charge in [0.25, 0.3) is 0 Å². The minimum atomic E-state index is -0.649. The van der Waals surface area contributed by atoms with E-state index in [0.717, 1.165) is 16.7 Å². The van der Waals surface area contributed by atoms with Crippen LogP contribution in [0.5, 0.6) is 0 Å². The molecule has 1 aliphatic heterocycles. The molecule has 5 nitrogen and oxygen atoms in total. The second-order valence-corrected chi connectivity index (χ2v) is 7.96. The first-order valence-electron chi connectivity index (χ1n) is 9.71. The molecule has 2 N–H and O–H groups in total. The summed E-state index contributed by atoms with van der Waals surface area (Å²) in [5, 5.41) is 0. The Morgan fingerprint density at radius 3 is 2.32 bits per heavy atom. The van der Waals surface area contributed by atoms with Crippen molar-refractivity contribution < 1.29 is 14.3 Å². The highest BCUT2D eigenvalue weighted by Gasteiger charge is 2.45. The maximum absolute atomic E-state index is 12.7. The van der Waals surface area contributed by atoms with E-state index in [9.17, 15) is 9.59 Å². The van der Waals surface area contributed by atoms with Crippen LogP contribution in [0.2, 0.25) is 0 Å². The molecular weight excluding hydrogens is 352 g/mol. The topological polar surface area (TPSA) is 72.6 Å². The van der Waals surface area contributed by atoms with Crippen LogP contribution in [0.1, 0.15) is 26.3 Å². The highest BCUT2D eigenvalue weighted by atomic mass is 16.6. The van der Waals surface area contributed by atoms with Crippen LogP contribution >= 0.6 is 0 Å². The highest BCUT2D eigenvalue weighted by molar-refractivity contribution is 5.87. The maximum atomic E-state index is 12.7. The van der Waals surface area contributed by atoms with Gasteiger partial charge in [-0.15, -0.1) is 0 Å². The number of amides is 1. The van der Waals surface area contributed by atoms with E-state index < -0.39 is 23.5 Å². The smallest absolute Gasteiger partial charge is 0.324 e. The van der Waals surface area contributed by atoms with Crippen molar-refractivity contribution in [3.05, 3.63) is 60.2 Å². The number of primary amides is 1. The fourth-order valence-corrected chi connectivity index (χ4v) is 3.91. The summed E-state index contributed by atoms with van der Waals surface area (Å²) in [6, 6.07) is 17.5. The Balaban J connectivity index is 1.81. The first kappa shape index (κ1) is 20.1. The number of hydrogen-bond acceptors (Lipinski definition) is 4. The van der Waals surface area contributed by atoms with Gasteiger partial charge >= 0.3 is 5.97 Å². The minimum absolute atomic E-state index is 0.372. The van der Waals surface area contributed by atoms with Gasteiger partial charge < -0.3 is 10.5 Å². The summed E-state index contributed by atoms with van der Waals surface area (Å²) >= 11 is 0. The predicted octanol–water partition coefficient (Wildman–Crippen LogP) is 3.02. The molecule has 0 aromatic heterocycles. The molecular formula is C23H28N2O3. The third kappa shape index (κ3) is 4.42. The molecule has 5 heteroatoms. The molecule has 0 spiro atoms. The molecule has 1 aliphatic rings. The van der Waals surface area contributed by atoms with Gasteiger partial charge in [0.15, 0.2) is 0 Å². The van der Waals surface area contributed by atoms with Crippen LogP contribution in [0.25, 0.3) is 11.1 Å². The van der Waals surface area contributed by atoms with Crippen molar-refractivity contribution >= 4 is 11.9 Å². The zero-order valence-corrected chi connectivity index (χ0v) is 16.7. The van der Waals surface area contributed by atoms with E-state index in [1.54, 1.807) is 0 Å². The second-order valence-electron chi connectivity index (χ2n) is 7.96. The fourth-order valence-electron chi connectivity index (χ4n) is 3.91. The Bertz CT molecular complexity index is 831. The second kappa shape index (κ2) is 8.15. The number of carbonyl (C=O) groups excluding carboxylic acids is 2. The molecule has 0 radical (unpaired) electrons. The van der Waals surface area contributed by atoms with Gasteiger partial charge in [0.05, 0.1) is 5.92 Å². The number of esters is 1. The number of nitrogens with two attached hydrogens (primary N) is 1.